The first-order chi connectivity index (χ1) is 9.72. The van der Waals surface area contributed by atoms with Crippen molar-refractivity contribution >= 4 is 11.3 Å². The van der Waals surface area contributed by atoms with Gasteiger partial charge in [0.15, 0.2) is 0 Å². The summed E-state index contributed by atoms with van der Waals surface area (Å²) in [4.78, 5) is 4.28. The number of nitrogens with zero attached hydrogens (tertiary/aromatic N) is 1. The van der Waals surface area contributed by atoms with Gasteiger partial charge in [-0.3, -0.25) is 4.90 Å². The molecule has 1 aromatic heterocycles. The Hall–Kier alpha value is -0.380. The van der Waals surface area contributed by atoms with Crippen LogP contribution in [0.15, 0.2) is 17.5 Å². The Bertz CT molecular complexity index is 355. The molecule has 2 rings (SSSR count). The van der Waals surface area contributed by atoms with Gasteiger partial charge in [0.2, 0.25) is 0 Å². The van der Waals surface area contributed by atoms with Gasteiger partial charge in [0.05, 0.1) is 0 Å². The second kappa shape index (κ2) is 8.16. The quantitative estimate of drug-likeness (QED) is 0.812. The van der Waals surface area contributed by atoms with Gasteiger partial charge in [0.1, 0.15) is 0 Å². The van der Waals surface area contributed by atoms with Gasteiger partial charge in [-0.25, -0.2) is 0 Å². The molecule has 0 bridgehead atoms. The molecule has 20 heavy (non-hydrogen) atoms. The van der Waals surface area contributed by atoms with E-state index in [1.54, 1.807) is 0 Å². The topological polar surface area (TPSA) is 15.3 Å². The van der Waals surface area contributed by atoms with Crippen LogP contribution < -0.4 is 5.32 Å². The molecule has 1 fully saturated rings. The van der Waals surface area contributed by atoms with Crippen LogP contribution in [0.3, 0.4) is 0 Å². The van der Waals surface area contributed by atoms with Crippen molar-refractivity contribution in [2.45, 2.75) is 46.1 Å². The van der Waals surface area contributed by atoms with Crippen molar-refractivity contribution in [3.8, 4) is 0 Å². The standard InChI is InChI=1S/C17H30N2S/c1-4-10-19(13-15-7-5-9-18-12-15)17(14(2)3)16-8-6-11-20-16/h6,8,11,14-15,17-18H,4-5,7,9-10,12-13H2,1-3H3. The number of rotatable bonds is 7. The van der Waals surface area contributed by atoms with Gasteiger partial charge in [-0.2, -0.15) is 0 Å². The lowest BCUT2D eigenvalue weighted by molar-refractivity contribution is 0.124. The Kier molecular flexibility index (Phi) is 6.53. The van der Waals surface area contributed by atoms with Crippen molar-refractivity contribution in [2.24, 2.45) is 11.8 Å². The van der Waals surface area contributed by atoms with E-state index < -0.39 is 0 Å². The molecule has 2 unspecified atom stereocenters. The van der Waals surface area contributed by atoms with Gasteiger partial charge in [0, 0.05) is 17.5 Å². The molecule has 1 aliphatic rings. The van der Waals surface area contributed by atoms with Crippen LogP contribution in [0, 0.1) is 11.8 Å². The molecule has 0 aliphatic carbocycles. The smallest absolute Gasteiger partial charge is 0.0464 e. The summed E-state index contributed by atoms with van der Waals surface area (Å²) in [5, 5.41) is 5.78. The Morgan fingerprint density at radius 1 is 1.45 bits per heavy atom. The van der Waals surface area contributed by atoms with Crippen molar-refractivity contribution in [2.75, 3.05) is 26.2 Å². The number of hydrogen-bond acceptors (Lipinski definition) is 3. The molecule has 0 aromatic carbocycles. The molecule has 2 nitrogen and oxygen atoms in total. The molecular formula is C17H30N2S. The maximum atomic E-state index is 3.56. The summed E-state index contributed by atoms with van der Waals surface area (Å²) in [7, 11) is 0. The van der Waals surface area contributed by atoms with Gasteiger partial charge in [0.25, 0.3) is 0 Å². The Balaban J connectivity index is 2.07. The van der Waals surface area contributed by atoms with Crippen molar-refractivity contribution in [1.29, 1.82) is 0 Å². The molecule has 1 saturated heterocycles. The third-order valence-electron chi connectivity index (χ3n) is 4.26. The van der Waals surface area contributed by atoms with E-state index in [1.165, 1.54) is 50.3 Å². The van der Waals surface area contributed by atoms with Gasteiger partial charge in [-0.15, -0.1) is 11.3 Å². The zero-order valence-corrected chi connectivity index (χ0v) is 14.1. The molecule has 114 valence electrons. The zero-order valence-electron chi connectivity index (χ0n) is 13.3. The predicted octanol–water partition coefficient (Wildman–Crippen LogP) is 4.16. The van der Waals surface area contributed by atoms with Crippen LogP contribution in [-0.4, -0.2) is 31.1 Å². The molecule has 0 amide bonds. The molecule has 1 aliphatic heterocycles. The Morgan fingerprint density at radius 3 is 2.85 bits per heavy atom. The third-order valence-corrected chi connectivity index (χ3v) is 5.20. The molecule has 3 heteroatoms. The fourth-order valence-electron chi connectivity index (χ4n) is 3.43. The van der Waals surface area contributed by atoms with Gasteiger partial charge >= 0.3 is 0 Å². The van der Waals surface area contributed by atoms with Gasteiger partial charge in [-0.05, 0) is 62.2 Å². The number of hydrogen-bond donors (Lipinski definition) is 1. The first-order valence-corrected chi connectivity index (χ1v) is 9.08. The van der Waals surface area contributed by atoms with E-state index in [0.29, 0.717) is 12.0 Å². The lowest BCUT2D eigenvalue weighted by Gasteiger charge is -2.37. The third kappa shape index (κ3) is 4.31. The van der Waals surface area contributed by atoms with Crippen LogP contribution in [0.5, 0.6) is 0 Å². The van der Waals surface area contributed by atoms with Crippen LogP contribution in [0.1, 0.15) is 51.0 Å². The minimum Gasteiger partial charge on any atom is -0.316 e. The molecule has 1 aromatic rings. The van der Waals surface area contributed by atoms with E-state index in [2.05, 4.69) is 48.5 Å². The van der Waals surface area contributed by atoms with E-state index in [4.69, 9.17) is 0 Å². The minimum absolute atomic E-state index is 0.594. The summed E-state index contributed by atoms with van der Waals surface area (Å²) < 4.78 is 0. The first kappa shape index (κ1) is 16.0. The second-order valence-electron chi connectivity index (χ2n) is 6.41. The summed E-state index contributed by atoms with van der Waals surface area (Å²) in [5.74, 6) is 1.51. The van der Waals surface area contributed by atoms with Crippen LogP contribution in [0.2, 0.25) is 0 Å². The Labute approximate surface area is 128 Å². The maximum Gasteiger partial charge on any atom is 0.0464 e. The number of nitrogens with one attached hydrogen (secondary N) is 1. The summed E-state index contributed by atoms with van der Waals surface area (Å²) in [5.41, 5.74) is 0. The van der Waals surface area contributed by atoms with E-state index in [0.717, 1.165) is 5.92 Å². The van der Waals surface area contributed by atoms with Crippen molar-refractivity contribution in [3.63, 3.8) is 0 Å². The highest BCUT2D eigenvalue weighted by molar-refractivity contribution is 7.10. The molecule has 0 radical (unpaired) electrons. The lowest BCUT2D eigenvalue weighted by Crippen LogP contribution is -2.41. The minimum atomic E-state index is 0.594. The molecule has 0 spiro atoms. The SMILES string of the molecule is CCCN(CC1CCCNC1)C(c1cccs1)C(C)C. The summed E-state index contributed by atoms with van der Waals surface area (Å²) >= 11 is 1.92. The largest absolute Gasteiger partial charge is 0.316 e. The normalized spacial score (nSPS) is 21.6. The predicted molar refractivity (Wildman–Crippen MR) is 89.4 cm³/mol. The molecule has 1 N–H and O–H groups in total. The number of thiophene rings is 1. The van der Waals surface area contributed by atoms with Gasteiger partial charge < -0.3 is 5.32 Å². The average molecular weight is 295 g/mol. The summed E-state index contributed by atoms with van der Waals surface area (Å²) in [6.07, 6.45) is 3.98. The van der Waals surface area contributed by atoms with Crippen molar-refractivity contribution in [1.82, 2.24) is 10.2 Å². The van der Waals surface area contributed by atoms with Crippen LogP contribution in [-0.2, 0) is 0 Å². The van der Waals surface area contributed by atoms with Crippen LogP contribution in [0.25, 0.3) is 0 Å². The number of piperidine rings is 1. The molecular weight excluding hydrogens is 264 g/mol. The average Bonchev–Trinajstić information content (AvgIpc) is 2.93. The fraction of sp³-hybridized carbons (Fsp3) is 0.765. The van der Waals surface area contributed by atoms with Crippen molar-refractivity contribution < 1.29 is 0 Å². The monoisotopic (exact) mass is 294 g/mol. The van der Waals surface area contributed by atoms with Crippen LogP contribution in [0.4, 0.5) is 0 Å². The Morgan fingerprint density at radius 2 is 2.30 bits per heavy atom. The summed E-state index contributed by atoms with van der Waals surface area (Å²) in [6.45, 7) is 11.9. The van der Waals surface area contributed by atoms with Crippen LogP contribution >= 0.6 is 11.3 Å². The fourth-order valence-corrected chi connectivity index (χ4v) is 4.46. The molecule has 0 saturated carbocycles. The zero-order chi connectivity index (χ0) is 14.4. The van der Waals surface area contributed by atoms with Crippen molar-refractivity contribution in [3.05, 3.63) is 22.4 Å². The first-order valence-electron chi connectivity index (χ1n) is 8.20. The highest BCUT2D eigenvalue weighted by atomic mass is 32.1. The highest BCUT2D eigenvalue weighted by Crippen LogP contribution is 2.33. The van der Waals surface area contributed by atoms with E-state index in [1.807, 2.05) is 11.3 Å². The summed E-state index contributed by atoms with van der Waals surface area (Å²) in [6, 6.07) is 5.11. The molecule has 2 atom stereocenters. The van der Waals surface area contributed by atoms with Gasteiger partial charge in [-0.1, -0.05) is 26.8 Å². The molecule has 2 heterocycles. The maximum absolute atomic E-state index is 3.56. The van der Waals surface area contributed by atoms with E-state index in [9.17, 15) is 0 Å². The van der Waals surface area contributed by atoms with E-state index in [-0.39, 0.29) is 0 Å². The van der Waals surface area contributed by atoms with E-state index >= 15 is 0 Å². The second-order valence-corrected chi connectivity index (χ2v) is 7.39. The lowest BCUT2D eigenvalue weighted by atomic mass is 9.95. The highest BCUT2D eigenvalue weighted by Gasteiger charge is 2.26.